The maximum absolute atomic E-state index is 13.6. The molecule has 0 saturated carbocycles. The van der Waals surface area contributed by atoms with Gasteiger partial charge in [-0.2, -0.15) is 0 Å². The average molecular weight is 444 g/mol. The number of anilines is 1. The van der Waals surface area contributed by atoms with Crippen LogP contribution < -0.4 is 19.5 Å². The second-order valence-corrected chi connectivity index (χ2v) is 9.58. The number of carbonyl (C=O) groups excluding carboxylic acids is 1. The molecule has 1 aliphatic heterocycles. The summed E-state index contributed by atoms with van der Waals surface area (Å²) < 4.78 is 16.7. The van der Waals surface area contributed by atoms with Gasteiger partial charge in [0.05, 0.1) is 27.4 Å². The molecular formula is C28H29NO4. The molecule has 3 aromatic rings. The summed E-state index contributed by atoms with van der Waals surface area (Å²) in [6, 6.07) is 16.2. The van der Waals surface area contributed by atoms with E-state index in [0.29, 0.717) is 23.7 Å². The summed E-state index contributed by atoms with van der Waals surface area (Å²) >= 11 is 0. The molecule has 0 aromatic heterocycles. The third kappa shape index (κ3) is 3.43. The number of ketones is 1. The minimum absolute atomic E-state index is 0.0959. The van der Waals surface area contributed by atoms with Crippen molar-refractivity contribution in [1.82, 2.24) is 0 Å². The summed E-state index contributed by atoms with van der Waals surface area (Å²) in [5.74, 6) is 1.87. The highest BCUT2D eigenvalue weighted by atomic mass is 16.5. The molecule has 1 atom stereocenters. The van der Waals surface area contributed by atoms with Crippen molar-refractivity contribution in [2.24, 2.45) is 5.41 Å². The highest BCUT2D eigenvalue weighted by Gasteiger charge is 2.41. The van der Waals surface area contributed by atoms with Crippen LogP contribution in [-0.2, 0) is 4.79 Å². The Hall–Kier alpha value is -3.47. The van der Waals surface area contributed by atoms with Crippen molar-refractivity contribution >= 4 is 27.8 Å². The van der Waals surface area contributed by atoms with E-state index in [1.807, 2.05) is 12.1 Å². The molecule has 5 rings (SSSR count). The van der Waals surface area contributed by atoms with Crippen molar-refractivity contribution in [3.05, 3.63) is 65.2 Å². The molecule has 2 aliphatic rings. The molecule has 3 aromatic carbocycles. The number of ether oxygens (including phenoxy) is 3. The molecule has 0 saturated heterocycles. The first kappa shape index (κ1) is 21.4. The highest BCUT2D eigenvalue weighted by molar-refractivity contribution is 6.12. The van der Waals surface area contributed by atoms with Gasteiger partial charge in [0.25, 0.3) is 0 Å². The van der Waals surface area contributed by atoms with Gasteiger partial charge in [-0.1, -0.05) is 44.2 Å². The molecule has 0 bridgehead atoms. The standard InChI is InChI=1S/C28H29NO4/c1-28(2)14-19-24-18-9-7-6-8-16(18)10-11-20(24)29-26(25(19)21(30)15-28)17-12-22(31-3)27(33-5)23(13-17)32-4/h6-13,26,29H,14-15H2,1-5H3/t26-/m0/s1. The van der Waals surface area contributed by atoms with Crippen molar-refractivity contribution in [3.8, 4) is 17.2 Å². The fourth-order valence-corrected chi connectivity index (χ4v) is 5.36. The Morgan fingerprint density at radius 3 is 2.27 bits per heavy atom. The van der Waals surface area contributed by atoms with Crippen LogP contribution in [0.5, 0.6) is 17.2 Å². The third-order valence-electron chi connectivity index (χ3n) is 6.76. The molecule has 1 N–H and O–H groups in total. The van der Waals surface area contributed by atoms with Crippen molar-refractivity contribution in [3.63, 3.8) is 0 Å². The van der Waals surface area contributed by atoms with E-state index in [1.54, 1.807) is 21.3 Å². The summed E-state index contributed by atoms with van der Waals surface area (Å²) in [7, 11) is 4.80. The van der Waals surface area contributed by atoms with Crippen LogP contribution in [0, 0.1) is 5.41 Å². The summed E-state index contributed by atoms with van der Waals surface area (Å²) in [6.45, 7) is 4.35. The number of methoxy groups -OCH3 is 3. The Morgan fingerprint density at radius 1 is 0.909 bits per heavy atom. The summed E-state index contributed by atoms with van der Waals surface area (Å²) in [5, 5.41) is 6.02. The van der Waals surface area contributed by atoms with Gasteiger partial charge in [-0.05, 0) is 51.9 Å². The molecule has 0 fully saturated rings. The smallest absolute Gasteiger partial charge is 0.203 e. The number of hydrogen-bond donors (Lipinski definition) is 1. The SMILES string of the molecule is COc1cc([C@@H]2Nc3ccc4ccccc4c3C3=C2C(=O)CC(C)(C)C3)cc(OC)c1OC. The van der Waals surface area contributed by atoms with Gasteiger partial charge in [-0.3, -0.25) is 4.79 Å². The minimum atomic E-state index is -0.300. The number of benzene rings is 3. The maximum Gasteiger partial charge on any atom is 0.203 e. The fourth-order valence-electron chi connectivity index (χ4n) is 5.36. The van der Waals surface area contributed by atoms with Crippen molar-refractivity contribution in [1.29, 1.82) is 0 Å². The number of nitrogens with one attached hydrogen (secondary N) is 1. The number of hydrogen-bond acceptors (Lipinski definition) is 5. The van der Waals surface area contributed by atoms with Crippen LogP contribution in [-0.4, -0.2) is 27.1 Å². The normalized spacial score (nSPS) is 18.9. The first-order valence-corrected chi connectivity index (χ1v) is 11.2. The second-order valence-electron chi connectivity index (χ2n) is 9.58. The lowest BCUT2D eigenvalue weighted by Crippen LogP contribution is -2.33. The van der Waals surface area contributed by atoms with Crippen molar-refractivity contribution in [2.45, 2.75) is 32.7 Å². The zero-order chi connectivity index (χ0) is 23.3. The van der Waals surface area contributed by atoms with E-state index in [-0.39, 0.29) is 17.2 Å². The molecule has 1 aliphatic carbocycles. The van der Waals surface area contributed by atoms with Gasteiger partial charge in [0.1, 0.15) is 0 Å². The van der Waals surface area contributed by atoms with E-state index in [9.17, 15) is 4.79 Å². The molecule has 1 heterocycles. The monoisotopic (exact) mass is 443 g/mol. The molecule has 0 spiro atoms. The Balaban J connectivity index is 1.78. The predicted molar refractivity (Wildman–Crippen MR) is 131 cm³/mol. The number of fused-ring (bicyclic) bond motifs is 4. The van der Waals surface area contributed by atoms with E-state index in [0.717, 1.165) is 34.4 Å². The number of Topliss-reactive ketones (excluding diaryl/α,β-unsaturated/α-hetero) is 1. The molecule has 33 heavy (non-hydrogen) atoms. The van der Waals surface area contributed by atoms with E-state index in [1.165, 1.54) is 10.8 Å². The maximum atomic E-state index is 13.6. The van der Waals surface area contributed by atoms with E-state index in [4.69, 9.17) is 14.2 Å². The van der Waals surface area contributed by atoms with Crippen LogP contribution in [0.15, 0.2) is 54.1 Å². The quantitative estimate of drug-likeness (QED) is 0.522. The number of allylic oxidation sites excluding steroid dienone is 1. The highest BCUT2D eigenvalue weighted by Crippen LogP contribution is 2.53. The lowest BCUT2D eigenvalue weighted by Gasteiger charge is -2.40. The van der Waals surface area contributed by atoms with E-state index in [2.05, 4.69) is 55.6 Å². The van der Waals surface area contributed by atoms with Crippen LogP contribution >= 0.6 is 0 Å². The molecule has 0 radical (unpaired) electrons. The predicted octanol–water partition coefficient (Wildman–Crippen LogP) is 6.18. The molecular weight excluding hydrogens is 414 g/mol. The van der Waals surface area contributed by atoms with Gasteiger partial charge >= 0.3 is 0 Å². The van der Waals surface area contributed by atoms with Gasteiger partial charge < -0.3 is 19.5 Å². The molecule has 0 amide bonds. The lowest BCUT2D eigenvalue weighted by molar-refractivity contribution is -0.118. The van der Waals surface area contributed by atoms with Crippen molar-refractivity contribution in [2.75, 3.05) is 26.6 Å². The average Bonchev–Trinajstić information content (AvgIpc) is 2.81. The first-order chi connectivity index (χ1) is 15.9. The topological polar surface area (TPSA) is 56.8 Å². The molecule has 5 heteroatoms. The van der Waals surface area contributed by atoms with Crippen LogP contribution in [0.3, 0.4) is 0 Å². The largest absolute Gasteiger partial charge is 0.493 e. The fraction of sp³-hybridized carbons (Fsp3) is 0.321. The summed E-state index contributed by atoms with van der Waals surface area (Å²) in [4.78, 5) is 13.6. The Kier molecular flexibility index (Phi) is 5.08. The van der Waals surface area contributed by atoms with Gasteiger partial charge in [0.15, 0.2) is 17.3 Å². The molecule has 5 nitrogen and oxygen atoms in total. The summed E-state index contributed by atoms with van der Waals surface area (Å²) in [6.07, 6.45) is 1.37. The Labute approximate surface area is 194 Å². The van der Waals surface area contributed by atoms with Gasteiger partial charge in [-0.25, -0.2) is 0 Å². The van der Waals surface area contributed by atoms with E-state index >= 15 is 0 Å². The first-order valence-electron chi connectivity index (χ1n) is 11.2. The van der Waals surface area contributed by atoms with Crippen LogP contribution in [0.1, 0.15) is 43.9 Å². The minimum Gasteiger partial charge on any atom is -0.493 e. The Bertz CT molecular complexity index is 1280. The molecule has 170 valence electrons. The number of rotatable bonds is 4. The van der Waals surface area contributed by atoms with E-state index < -0.39 is 0 Å². The van der Waals surface area contributed by atoms with Gasteiger partial charge in [0, 0.05) is 23.2 Å². The van der Waals surface area contributed by atoms with Crippen LogP contribution in [0.2, 0.25) is 0 Å². The number of carbonyl (C=O) groups is 1. The van der Waals surface area contributed by atoms with Gasteiger partial charge in [-0.15, -0.1) is 0 Å². The second kappa shape index (κ2) is 7.84. The van der Waals surface area contributed by atoms with Crippen molar-refractivity contribution < 1.29 is 19.0 Å². The Morgan fingerprint density at radius 2 is 1.61 bits per heavy atom. The summed E-state index contributed by atoms with van der Waals surface area (Å²) in [5.41, 5.74) is 4.97. The van der Waals surface area contributed by atoms with Crippen LogP contribution in [0.4, 0.5) is 5.69 Å². The van der Waals surface area contributed by atoms with Gasteiger partial charge in [0.2, 0.25) is 5.75 Å². The zero-order valence-corrected chi connectivity index (χ0v) is 19.7. The lowest BCUT2D eigenvalue weighted by atomic mass is 9.68. The zero-order valence-electron chi connectivity index (χ0n) is 19.7. The van der Waals surface area contributed by atoms with Crippen LogP contribution in [0.25, 0.3) is 16.3 Å². The third-order valence-corrected chi connectivity index (χ3v) is 6.76. The molecule has 0 unspecified atom stereocenters.